The standard InChI is InChI=1S/C17H24N2O/c1-11-9-15(13(3)20-11)12(2)19-16-8-7-14(10-18-16)17(4,5)6/h7-10,12H,1-6H3,(H,18,19). The van der Waals surface area contributed by atoms with E-state index in [0.717, 1.165) is 17.3 Å². The van der Waals surface area contributed by atoms with Crippen molar-refractivity contribution in [2.45, 2.75) is 53.0 Å². The van der Waals surface area contributed by atoms with E-state index < -0.39 is 0 Å². The lowest BCUT2D eigenvalue weighted by Gasteiger charge is -2.19. The van der Waals surface area contributed by atoms with Gasteiger partial charge in [-0.1, -0.05) is 26.8 Å². The van der Waals surface area contributed by atoms with Gasteiger partial charge in [-0.05, 0) is 43.9 Å². The molecule has 108 valence electrons. The molecule has 0 radical (unpaired) electrons. The normalized spacial score (nSPS) is 13.3. The highest BCUT2D eigenvalue weighted by Gasteiger charge is 2.15. The van der Waals surface area contributed by atoms with Gasteiger partial charge in [0.2, 0.25) is 0 Å². The van der Waals surface area contributed by atoms with Crippen molar-refractivity contribution in [3.05, 3.63) is 47.0 Å². The molecule has 0 aliphatic carbocycles. The average molecular weight is 272 g/mol. The van der Waals surface area contributed by atoms with E-state index in [1.165, 1.54) is 11.1 Å². The molecule has 0 bridgehead atoms. The van der Waals surface area contributed by atoms with E-state index in [1.807, 2.05) is 26.1 Å². The first-order valence-corrected chi connectivity index (χ1v) is 7.07. The summed E-state index contributed by atoms with van der Waals surface area (Å²) in [6.07, 6.45) is 1.95. The van der Waals surface area contributed by atoms with Crippen LogP contribution in [0.2, 0.25) is 0 Å². The molecule has 2 heterocycles. The third kappa shape index (κ3) is 3.21. The molecule has 2 rings (SSSR count). The summed E-state index contributed by atoms with van der Waals surface area (Å²) in [4.78, 5) is 4.51. The molecular weight excluding hydrogens is 248 g/mol. The van der Waals surface area contributed by atoms with Crippen LogP contribution in [0.4, 0.5) is 5.82 Å². The zero-order chi connectivity index (χ0) is 14.9. The van der Waals surface area contributed by atoms with Crippen molar-refractivity contribution in [3.8, 4) is 0 Å². The van der Waals surface area contributed by atoms with Gasteiger partial charge in [-0.2, -0.15) is 0 Å². The van der Waals surface area contributed by atoms with Crippen LogP contribution < -0.4 is 5.32 Å². The number of aryl methyl sites for hydroxylation is 2. The summed E-state index contributed by atoms with van der Waals surface area (Å²) in [5.41, 5.74) is 2.56. The van der Waals surface area contributed by atoms with E-state index in [2.05, 4.69) is 50.1 Å². The zero-order valence-corrected chi connectivity index (χ0v) is 13.2. The Morgan fingerprint density at radius 3 is 2.35 bits per heavy atom. The van der Waals surface area contributed by atoms with Gasteiger partial charge in [0, 0.05) is 11.8 Å². The summed E-state index contributed by atoms with van der Waals surface area (Å²) in [5.74, 6) is 2.81. The second kappa shape index (κ2) is 5.31. The van der Waals surface area contributed by atoms with Gasteiger partial charge >= 0.3 is 0 Å². The van der Waals surface area contributed by atoms with Crippen molar-refractivity contribution >= 4 is 5.82 Å². The number of nitrogens with one attached hydrogen (secondary N) is 1. The fourth-order valence-corrected chi connectivity index (χ4v) is 2.30. The Bertz CT molecular complexity index is 576. The van der Waals surface area contributed by atoms with E-state index in [-0.39, 0.29) is 11.5 Å². The van der Waals surface area contributed by atoms with Crippen molar-refractivity contribution in [2.24, 2.45) is 0 Å². The fraction of sp³-hybridized carbons (Fsp3) is 0.471. The van der Waals surface area contributed by atoms with Crippen LogP contribution in [-0.2, 0) is 5.41 Å². The highest BCUT2D eigenvalue weighted by molar-refractivity contribution is 5.40. The Labute approximate surface area is 121 Å². The topological polar surface area (TPSA) is 38.1 Å². The minimum absolute atomic E-state index is 0.134. The Morgan fingerprint density at radius 1 is 1.20 bits per heavy atom. The van der Waals surface area contributed by atoms with Gasteiger partial charge in [-0.25, -0.2) is 4.98 Å². The summed E-state index contributed by atoms with van der Waals surface area (Å²) in [5, 5.41) is 3.42. The molecule has 3 nitrogen and oxygen atoms in total. The lowest BCUT2D eigenvalue weighted by molar-refractivity contribution is 0.500. The minimum atomic E-state index is 0.134. The van der Waals surface area contributed by atoms with Crippen LogP contribution in [0.3, 0.4) is 0 Å². The first-order chi connectivity index (χ1) is 9.27. The maximum absolute atomic E-state index is 5.58. The maximum atomic E-state index is 5.58. The lowest BCUT2D eigenvalue weighted by Crippen LogP contribution is -2.13. The second-order valence-corrected chi connectivity index (χ2v) is 6.42. The predicted molar refractivity (Wildman–Crippen MR) is 83.2 cm³/mol. The summed E-state index contributed by atoms with van der Waals surface area (Å²) >= 11 is 0. The lowest BCUT2D eigenvalue weighted by atomic mass is 9.88. The number of hydrogen-bond donors (Lipinski definition) is 1. The molecule has 1 unspecified atom stereocenters. The molecular formula is C17H24N2O. The van der Waals surface area contributed by atoms with Gasteiger partial charge in [0.15, 0.2) is 0 Å². The Hall–Kier alpha value is -1.77. The van der Waals surface area contributed by atoms with Crippen molar-refractivity contribution in [3.63, 3.8) is 0 Å². The maximum Gasteiger partial charge on any atom is 0.126 e. The van der Waals surface area contributed by atoms with Crippen LogP contribution in [0.5, 0.6) is 0 Å². The van der Waals surface area contributed by atoms with Crippen LogP contribution in [0, 0.1) is 13.8 Å². The molecule has 20 heavy (non-hydrogen) atoms. The van der Waals surface area contributed by atoms with Gasteiger partial charge in [0.25, 0.3) is 0 Å². The summed E-state index contributed by atoms with van der Waals surface area (Å²) in [7, 11) is 0. The van der Waals surface area contributed by atoms with Crippen LogP contribution in [0.25, 0.3) is 0 Å². The Balaban J connectivity index is 2.12. The number of nitrogens with zero attached hydrogens (tertiary/aromatic N) is 1. The summed E-state index contributed by atoms with van der Waals surface area (Å²) in [6.45, 7) is 12.7. The van der Waals surface area contributed by atoms with E-state index >= 15 is 0 Å². The highest BCUT2D eigenvalue weighted by atomic mass is 16.3. The van der Waals surface area contributed by atoms with Gasteiger partial charge in [-0.3, -0.25) is 0 Å². The first kappa shape index (κ1) is 14.6. The van der Waals surface area contributed by atoms with E-state index in [0.29, 0.717) is 0 Å². The third-order valence-electron chi connectivity index (χ3n) is 3.54. The molecule has 2 aromatic rings. The van der Waals surface area contributed by atoms with E-state index in [9.17, 15) is 0 Å². The van der Waals surface area contributed by atoms with Gasteiger partial charge < -0.3 is 9.73 Å². The SMILES string of the molecule is Cc1cc(C(C)Nc2ccc(C(C)(C)C)cn2)c(C)o1. The van der Waals surface area contributed by atoms with Crippen molar-refractivity contribution in [1.29, 1.82) is 0 Å². The third-order valence-corrected chi connectivity index (χ3v) is 3.54. The quantitative estimate of drug-likeness (QED) is 0.875. The molecule has 3 heteroatoms. The second-order valence-electron chi connectivity index (χ2n) is 6.42. The van der Waals surface area contributed by atoms with Crippen LogP contribution in [0.1, 0.15) is 56.4 Å². The molecule has 0 aliphatic rings. The van der Waals surface area contributed by atoms with Gasteiger partial charge in [0.1, 0.15) is 17.3 Å². The van der Waals surface area contributed by atoms with Crippen molar-refractivity contribution in [2.75, 3.05) is 5.32 Å². The van der Waals surface area contributed by atoms with Crippen molar-refractivity contribution < 1.29 is 4.42 Å². The molecule has 0 amide bonds. The first-order valence-electron chi connectivity index (χ1n) is 7.07. The Morgan fingerprint density at radius 2 is 1.90 bits per heavy atom. The van der Waals surface area contributed by atoms with Gasteiger partial charge in [-0.15, -0.1) is 0 Å². The van der Waals surface area contributed by atoms with Crippen LogP contribution in [-0.4, -0.2) is 4.98 Å². The molecule has 2 aromatic heterocycles. The molecule has 0 fully saturated rings. The number of pyridine rings is 1. The highest BCUT2D eigenvalue weighted by Crippen LogP contribution is 2.26. The summed E-state index contributed by atoms with van der Waals surface area (Å²) in [6, 6.07) is 6.44. The fourth-order valence-electron chi connectivity index (χ4n) is 2.30. The average Bonchev–Trinajstić information content (AvgIpc) is 2.68. The number of hydrogen-bond acceptors (Lipinski definition) is 3. The number of aromatic nitrogens is 1. The zero-order valence-electron chi connectivity index (χ0n) is 13.2. The van der Waals surface area contributed by atoms with Crippen molar-refractivity contribution in [1.82, 2.24) is 4.98 Å². The molecule has 1 atom stereocenters. The molecule has 0 aromatic carbocycles. The van der Waals surface area contributed by atoms with Crippen LogP contribution in [0.15, 0.2) is 28.8 Å². The minimum Gasteiger partial charge on any atom is -0.466 e. The van der Waals surface area contributed by atoms with E-state index in [4.69, 9.17) is 4.42 Å². The number of rotatable bonds is 3. The van der Waals surface area contributed by atoms with Gasteiger partial charge in [0.05, 0.1) is 6.04 Å². The Kier molecular flexibility index (Phi) is 3.89. The molecule has 0 saturated carbocycles. The van der Waals surface area contributed by atoms with E-state index in [1.54, 1.807) is 0 Å². The smallest absolute Gasteiger partial charge is 0.126 e. The molecule has 0 spiro atoms. The largest absolute Gasteiger partial charge is 0.466 e. The number of furan rings is 1. The molecule has 1 N–H and O–H groups in total. The molecule has 0 aliphatic heterocycles. The predicted octanol–water partition coefficient (Wildman–Crippen LogP) is 4.76. The molecule has 0 saturated heterocycles. The summed E-state index contributed by atoms with van der Waals surface area (Å²) < 4.78 is 5.58. The monoisotopic (exact) mass is 272 g/mol. The van der Waals surface area contributed by atoms with Crippen LogP contribution >= 0.6 is 0 Å². The number of anilines is 1.